The Kier molecular flexibility index (Phi) is 9.25. The number of benzene rings is 7. The molecule has 5 heterocycles. The molecule has 7 aromatic carbocycles. The van der Waals surface area contributed by atoms with Gasteiger partial charge in [0.25, 0.3) is 0 Å². The van der Waals surface area contributed by atoms with Crippen LogP contribution in [0.3, 0.4) is 0 Å². The number of fused-ring (bicyclic) bond motifs is 9. The molecule has 7 heteroatoms. The van der Waals surface area contributed by atoms with Crippen molar-refractivity contribution in [3.8, 4) is 102 Å². The zero-order valence-electron chi connectivity index (χ0n) is 36.5. The lowest BCUT2D eigenvalue weighted by Gasteiger charge is -2.39. The van der Waals surface area contributed by atoms with Gasteiger partial charge in [0.05, 0.1) is 28.2 Å². The van der Waals surface area contributed by atoms with Crippen molar-refractivity contribution >= 4 is 0 Å². The van der Waals surface area contributed by atoms with Crippen molar-refractivity contribution in [2.24, 2.45) is 0 Å². The average Bonchev–Trinajstić information content (AvgIpc) is 3.71. The molecule has 68 heavy (non-hydrogen) atoms. The van der Waals surface area contributed by atoms with E-state index in [1.807, 2.05) is 97.1 Å². The first kappa shape index (κ1) is 39.2. The summed E-state index contributed by atoms with van der Waals surface area (Å²) in [6.45, 7) is 0. The van der Waals surface area contributed by atoms with Crippen molar-refractivity contribution in [1.29, 1.82) is 0 Å². The zero-order chi connectivity index (χ0) is 45.0. The largest absolute Gasteiger partial charge is 0.457 e. The van der Waals surface area contributed by atoms with E-state index in [0.29, 0.717) is 17.5 Å². The van der Waals surface area contributed by atoms with Crippen LogP contribution in [0.1, 0.15) is 22.3 Å². The monoisotopic (exact) mass is 870 g/mol. The van der Waals surface area contributed by atoms with Gasteiger partial charge in [-0.3, -0.25) is 9.97 Å². The van der Waals surface area contributed by atoms with Crippen LogP contribution in [0.4, 0.5) is 0 Å². The fourth-order valence-corrected chi connectivity index (χ4v) is 10.0. The van der Waals surface area contributed by atoms with E-state index < -0.39 is 5.41 Å². The first-order valence-electron chi connectivity index (χ1n) is 22.7. The minimum atomic E-state index is -0.626. The second-order valence-corrected chi connectivity index (χ2v) is 17.0. The maximum Gasteiger partial charge on any atom is 0.164 e. The molecule has 11 aromatic rings. The van der Waals surface area contributed by atoms with E-state index in [0.717, 1.165) is 84.3 Å². The molecule has 0 N–H and O–H groups in total. The Hall–Kier alpha value is -9.20. The van der Waals surface area contributed by atoms with Gasteiger partial charge in [-0.05, 0) is 93.0 Å². The lowest BCUT2D eigenvalue weighted by atomic mass is 9.65. The quantitative estimate of drug-likeness (QED) is 0.158. The van der Waals surface area contributed by atoms with Crippen LogP contribution in [-0.4, -0.2) is 29.9 Å². The standard InChI is InChI=1S/C61H38N6O/c1-3-15-40(16-4-1)58-65-59(41-17-5-2-6-18-41)67-60(66-58)42-27-25-39(26-28-42)43-29-31-50-56(37-43)68-57-38-44(30-32-51(57)61(50)48-21-9-7-19-46(48)47-20-8-10-22-49(47)61)45-35-54(52-23-11-13-33-62-52)64-55(36-45)53-24-12-14-34-63-53/h1-38H. The molecule has 318 valence electrons. The summed E-state index contributed by atoms with van der Waals surface area (Å²) in [6.07, 6.45) is 3.60. The Balaban J connectivity index is 0.942. The number of nitrogens with zero attached hydrogens (tertiary/aromatic N) is 6. The fraction of sp³-hybridized carbons (Fsp3) is 0.0164. The maximum absolute atomic E-state index is 7.18. The van der Waals surface area contributed by atoms with Gasteiger partial charge in [0.1, 0.15) is 11.5 Å². The second kappa shape index (κ2) is 16.0. The molecule has 0 amide bonds. The van der Waals surface area contributed by atoms with Gasteiger partial charge >= 0.3 is 0 Å². The number of rotatable bonds is 7. The lowest BCUT2D eigenvalue weighted by Crippen LogP contribution is -2.32. The minimum Gasteiger partial charge on any atom is -0.457 e. The van der Waals surface area contributed by atoms with Gasteiger partial charge in [0.2, 0.25) is 0 Å². The van der Waals surface area contributed by atoms with E-state index >= 15 is 0 Å². The third kappa shape index (κ3) is 6.51. The second-order valence-electron chi connectivity index (χ2n) is 17.0. The number of hydrogen-bond donors (Lipinski definition) is 0. The number of aromatic nitrogens is 6. The molecule has 0 unspecified atom stereocenters. The van der Waals surface area contributed by atoms with E-state index in [4.69, 9.17) is 24.7 Å². The van der Waals surface area contributed by atoms with Crippen LogP contribution in [0.5, 0.6) is 11.5 Å². The van der Waals surface area contributed by atoms with Gasteiger partial charge < -0.3 is 4.74 Å². The third-order valence-corrected chi connectivity index (χ3v) is 13.1. The molecule has 1 spiro atoms. The summed E-state index contributed by atoms with van der Waals surface area (Å²) in [7, 11) is 0. The number of ether oxygens (including phenoxy) is 1. The minimum absolute atomic E-state index is 0.611. The molecule has 0 radical (unpaired) electrons. The topological polar surface area (TPSA) is 86.6 Å². The van der Waals surface area contributed by atoms with Crippen molar-refractivity contribution in [2.45, 2.75) is 5.41 Å². The van der Waals surface area contributed by atoms with Crippen LogP contribution < -0.4 is 4.74 Å². The molecule has 0 saturated heterocycles. The number of pyridine rings is 3. The van der Waals surface area contributed by atoms with Crippen LogP contribution >= 0.6 is 0 Å². The summed E-state index contributed by atoms with van der Waals surface area (Å²) < 4.78 is 7.18. The highest BCUT2D eigenvalue weighted by Crippen LogP contribution is 2.62. The van der Waals surface area contributed by atoms with Gasteiger partial charge in [0, 0.05) is 40.2 Å². The Labute approximate surface area is 393 Å². The zero-order valence-corrected chi connectivity index (χ0v) is 36.5. The first-order chi connectivity index (χ1) is 33.7. The van der Waals surface area contributed by atoms with Crippen molar-refractivity contribution in [3.05, 3.63) is 253 Å². The highest BCUT2D eigenvalue weighted by Gasteiger charge is 2.51. The van der Waals surface area contributed by atoms with Crippen molar-refractivity contribution in [3.63, 3.8) is 0 Å². The molecule has 0 bridgehead atoms. The predicted octanol–water partition coefficient (Wildman–Crippen LogP) is 14.2. The maximum atomic E-state index is 7.18. The highest BCUT2D eigenvalue weighted by molar-refractivity contribution is 5.90. The van der Waals surface area contributed by atoms with Crippen molar-refractivity contribution in [1.82, 2.24) is 29.9 Å². The smallest absolute Gasteiger partial charge is 0.164 e. The van der Waals surface area contributed by atoms with Crippen LogP contribution in [0.2, 0.25) is 0 Å². The SMILES string of the molecule is c1ccc(-c2nc(-c3ccccc3)nc(-c3ccc(-c4ccc5c(c4)Oc4cc(-c6cc(-c7ccccn7)nc(-c7ccccn7)c6)ccc4C54c5ccccc5-c5ccccc54)cc3)n2)cc1. The van der Waals surface area contributed by atoms with Crippen LogP contribution in [0.25, 0.3) is 90.3 Å². The predicted molar refractivity (Wildman–Crippen MR) is 269 cm³/mol. The van der Waals surface area contributed by atoms with Gasteiger partial charge in [0.15, 0.2) is 17.5 Å². The molecule has 1 aliphatic carbocycles. The van der Waals surface area contributed by atoms with E-state index in [1.54, 1.807) is 12.4 Å². The van der Waals surface area contributed by atoms with E-state index in [9.17, 15) is 0 Å². The van der Waals surface area contributed by atoms with Gasteiger partial charge in [-0.1, -0.05) is 170 Å². The van der Waals surface area contributed by atoms with Gasteiger partial charge in [-0.25, -0.2) is 19.9 Å². The molecule has 0 saturated carbocycles. The Morgan fingerprint density at radius 1 is 0.279 bits per heavy atom. The molecule has 2 aliphatic rings. The van der Waals surface area contributed by atoms with Crippen LogP contribution in [0.15, 0.2) is 231 Å². The first-order valence-corrected chi connectivity index (χ1v) is 22.7. The van der Waals surface area contributed by atoms with E-state index in [1.165, 1.54) is 22.3 Å². The van der Waals surface area contributed by atoms with Gasteiger partial charge in [-0.2, -0.15) is 0 Å². The molecule has 7 nitrogen and oxygen atoms in total. The Morgan fingerprint density at radius 2 is 0.691 bits per heavy atom. The van der Waals surface area contributed by atoms with E-state index in [2.05, 4.69) is 131 Å². The van der Waals surface area contributed by atoms with E-state index in [-0.39, 0.29) is 0 Å². The van der Waals surface area contributed by atoms with Crippen LogP contribution in [-0.2, 0) is 5.41 Å². The molecular weight excluding hydrogens is 833 g/mol. The van der Waals surface area contributed by atoms with Crippen molar-refractivity contribution < 1.29 is 4.74 Å². The lowest BCUT2D eigenvalue weighted by molar-refractivity contribution is 0.437. The molecule has 13 rings (SSSR count). The molecule has 1 aliphatic heterocycles. The fourth-order valence-electron chi connectivity index (χ4n) is 10.0. The van der Waals surface area contributed by atoms with Crippen molar-refractivity contribution in [2.75, 3.05) is 0 Å². The summed E-state index contributed by atoms with van der Waals surface area (Å²) in [5.74, 6) is 3.47. The van der Waals surface area contributed by atoms with Crippen LogP contribution in [0, 0.1) is 0 Å². The summed E-state index contributed by atoms with van der Waals surface area (Å²) in [5, 5.41) is 0. The summed E-state index contributed by atoms with van der Waals surface area (Å²) in [5.41, 5.74) is 16.4. The summed E-state index contributed by atoms with van der Waals surface area (Å²) in [6, 6.07) is 75.5. The molecular formula is C61H38N6O. The Bertz CT molecular complexity index is 3530. The van der Waals surface area contributed by atoms with Gasteiger partial charge in [-0.15, -0.1) is 0 Å². The molecule has 0 atom stereocenters. The summed E-state index contributed by atoms with van der Waals surface area (Å²) in [4.78, 5) is 29.2. The number of hydrogen-bond acceptors (Lipinski definition) is 7. The molecule has 4 aromatic heterocycles. The Morgan fingerprint density at radius 3 is 1.18 bits per heavy atom. The average molecular weight is 871 g/mol. The molecule has 0 fully saturated rings. The normalized spacial score (nSPS) is 12.6. The third-order valence-electron chi connectivity index (χ3n) is 13.1. The summed E-state index contributed by atoms with van der Waals surface area (Å²) >= 11 is 0. The highest BCUT2D eigenvalue weighted by atomic mass is 16.5.